The monoisotopic (exact) mass is 325 g/mol. The van der Waals surface area contributed by atoms with Gasteiger partial charge in [0.05, 0.1) is 6.04 Å². The van der Waals surface area contributed by atoms with E-state index in [1.165, 1.54) is 0 Å². The fourth-order valence-corrected chi connectivity index (χ4v) is 2.40. The highest BCUT2D eigenvalue weighted by atomic mass is 16.2. The Bertz CT molecular complexity index is 388. The van der Waals surface area contributed by atoms with Crippen LogP contribution in [0.3, 0.4) is 0 Å². The van der Waals surface area contributed by atoms with Gasteiger partial charge < -0.3 is 5.32 Å². The fraction of sp³-hybridized carbons (Fsp3) is 0.842. The van der Waals surface area contributed by atoms with E-state index in [0.29, 0.717) is 31.6 Å². The topological polar surface area (TPSA) is 63.2 Å². The summed E-state index contributed by atoms with van der Waals surface area (Å²) in [7, 11) is 0. The van der Waals surface area contributed by atoms with Crippen LogP contribution in [0.2, 0.25) is 0 Å². The second-order valence-corrected chi connectivity index (χ2v) is 7.29. The van der Waals surface area contributed by atoms with Crippen molar-refractivity contribution in [1.29, 1.82) is 0 Å². The van der Waals surface area contributed by atoms with Gasteiger partial charge in [0.25, 0.3) is 0 Å². The summed E-state index contributed by atoms with van der Waals surface area (Å²) in [5, 5.41) is 2.90. The minimum absolute atomic E-state index is 0.0253. The van der Waals surface area contributed by atoms with E-state index >= 15 is 0 Å². The summed E-state index contributed by atoms with van der Waals surface area (Å²) in [4.78, 5) is 36.0. The lowest BCUT2D eigenvalue weighted by molar-refractivity contribution is -0.130. The quantitative estimate of drug-likeness (QED) is 0.553. The Morgan fingerprint density at radius 3 is 1.96 bits per heavy atom. The Morgan fingerprint density at radius 1 is 0.913 bits per heavy atom. The molecule has 0 aromatic heterocycles. The number of hydrogen-bond acceptors (Lipinski definition) is 3. The maximum Gasteiger partial charge on any atom is 0.220 e. The second-order valence-electron chi connectivity index (χ2n) is 7.29. The highest BCUT2D eigenvalue weighted by Gasteiger charge is 2.25. The third-order valence-corrected chi connectivity index (χ3v) is 4.20. The number of carbonyl (C=O) groups is 3. The third kappa shape index (κ3) is 9.52. The molecule has 23 heavy (non-hydrogen) atoms. The number of rotatable bonds is 12. The highest BCUT2D eigenvalue weighted by Crippen LogP contribution is 2.13. The Labute approximate surface area is 141 Å². The average Bonchev–Trinajstić information content (AvgIpc) is 2.48. The van der Waals surface area contributed by atoms with Crippen molar-refractivity contribution in [3.05, 3.63) is 0 Å². The Kier molecular flexibility index (Phi) is 10.8. The fourth-order valence-electron chi connectivity index (χ4n) is 2.40. The van der Waals surface area contributed by atoms with E-state index < -0.39 is 0 Å². The third-order valence-electron chi connectivity index (χ3n) is 4.20. The molecule has 4 heteroatoms. The lowest BCUT2D eigenvalue weighted by Gasteiger charge is -2.22. The molecule has 0 fully saturated rings. The van der Waals surface area contributed by atoms with Crippen LogP contribution in [0.4, 0.5) is 0 Å². The first-order valence-corrected chi connectivity index (χ1v) is 9.04. The first-order chi connectivity index (χ1) is 10.7. The number of amides is 1. The van der Waals surface area contributed by atoms with Crippen LogP contribution in [0.1, 0.15) is 80.1 Å². The van der Waals surface area contributed by atoms with E-state index in [-0.39, 0.29) is 35.4 Å². The standard InChI is InChI=1S/C19H35NO3/c1-7-15(6)19(23)16(12-13(2)3)20-18(22)11-9-8-10-17(21)14(4)5/h13-16H,7-12H2,1-6H3,(H,20,22)/t15?,16-/m0/s1. The van der Waals surface area contributed by atoms with E-state index in [2.05, 4.69) is 19.2 Å². The molecule has 0 aliphatic carbocycles. The molecule has 0 aromatic rings. The van der Waals surface area contributed by atoms with Crippen molar-refractivity contribution in [2.24, 2.45) is 17.8 Å². The minimum Gasteiger partial charge on any atom is -0.346 e. The van der Waals surface area contributed by atoms with Gasteiger partial charge in [-0.2, -0.15) is 0 Å². The van der Waals surface area contributed by atoms with E-state index in [0.717, 1.165) is 12.8 Å². The largest absolute Gasteiger partial charge is 0.346 e. The van der Waals surface area contributed by atoms with Gasteiger partial charge in [0.2, 0.25) is 5.91 Å². The zero-order valence-corrected chi connectivity index (χ0v) is 15.8. The molecule has 0 saturated heterocycles. The molecule has 0 radical (unpaired) electrons. The van der Waals surface area contributed by atoms with E-state index in [1.807, 2.05) is 27.7 Å². The summed E-state index contributed by atoms with van der Waals surface area (Å²) in [5.41, 5.74) is 0. The zero-order chi connectivity index (χ0) is 18.0. The Hall–Kier alpha value is -1.19. The smallest absolute Gasteiger partial charge is 0.220 e. The molecule has 2 atom stereocenters. The van der Waals surface area contributed by atoms with E-state index in [1.54, 1.807) is 0 Å². The van der Waals surface area contributed by atoms with Crippen molar-refractivity contribution in [2.75, 3.05) is 0 Å². The molecule has 0 rings (SSSR count). The maximum absolute atomic E-state index is 12.4. The van der Waals surface area contributed by atoms with Crippen LogP contribution in [0.15, 0.2) is 0 Å². The van der Waals surface area contributed by atoms with Gasteiger partial charge in [-0.3, -0.25) is 14.4 Å². The summed E-state index contributed by atoms with van der Waals surface area (Å²) >= 11 is 0. The molecule has 0 bridgehead atoms. The summed E-state index contributed by atoms with van der Waals surface area (Å²) < 4.78 is 0. The molecule has 0 saturated carbocycles. The maximum atomic E-state index is 12.4. The number of hydrogen-bond donors (Lipinski definition) is 1. The Balaban J connectivity index is 4.33. The second kappa shape index (κ2) is 11.4. The number of carbonyl (C=O) groups excluding carboxylic acids is 3. The van der Waals surface area contributed by atoms with Crippen molar-refractivity contribution in [1.82, 2.24) is 5.32 Å². The SMILES string of the molecule is CCC(C)C(=O)[C@H](CC(C)C)NC(=O)CCCCC(=O)C(C)C. The molecule has 0 aliphatic rings. The first-order valence-electron chi connectivity index (χ1n) is 9.04. The van der Waals surface area contributed by atoms with Gasteiger partial charge >= 0.3 is 0 Å². The lowest BCUT2D eigenvalue weighted by atomic mass is 9.91. The molecule has 1 unspecified atom stereocenters. The summed E-state index contributed by atoms with van der Waals surface area (Å²) in [6, 6.07) is -0.380. The van der Waals surface area contributed by atoms with Crippen LogP contribution >= 0.6 is 0 Å². The van der Waals surface area contributed by atoms with Crippen molar-refractivity contribution in [3.63, 3.8) is 0 Å². The number of Topliss-reactive ketones (excluding diaryl/α,β-unsaturated/α-hetero) is 2. The van der Waals surface area contributed by atoms with Crippen LogP contribution in [0, 0.1) is 17.8 Å². The molecule has 134 valence electrons. The van der Waals surface area contributed by atoms with Gasteiger partial charge in [0.1, 0.15) is 5.78 Å². The number of unbranched alkanes of at least 4 members (excludes halogenated alkanes) is 1. The molecular formula is C19H35NO3. The Morgan fingerprint density at radius 2 is 1.48 bits per heavy atom. The molecule has 1 amide bonds. The molecule has 4 nitrogen and oxygen atoms in total. The number of nitrogens with one attached hydrogen (secondary N) is 1. The molecule has 0 heterocycles. The van der Waals surface area contributed by atoms with Crippen molar-refractivity contribution < 1.29 is 14.4 Å². The van der Waals surface area contributed by atoms with Crippen LogP contribution in [-0.4, -0.2) is 23.5 Å². The van der Waals surface area contributed by atoms with Gasteiger partial charge in [-0.1, -0.05) is 41.5 Å². The van der Waals surface area contributed by atoms with Crippen molar-refractivity contribution >= 4 is 17.5 Å². The normalized spacial score (nSPS) is 13.9. The summed E-state index contributed by atoms with van der Waals surface area (Å²) in [6.45, 7) is 11.8. The predicted octanol–water partition coefficient (Wildman–Crippen LogP) is 3.92. The number of ketones is 2. The van der Waals surface area contributed by atoms with Gasteiger partial charge in [-0.25, -0.2) is 0 Å². The van der Waals surface area contributed by atoms with Crippen molar-refractivity contribution in [2.45, 2.75) is 86.1 Å². The highest BCUT2D eigenvalue weighted by molar-refractivity contribution is 5.90. The zero-order valence-electron chi connectivity index (χ0n) is 15.8. The van der Waals surface area contributed by atoms with Gasteiger partial charge in [0, 0.05) is 24.7 Å². The summed E-state index contributed by atoms with van der Waals surface area (Å²) in [5.74, 6) is 0.691. The lowest BCUT2D eigenvalue weighted by Crippen LogP contribution is -2.43. The van der Waals surface area contributed by atoms with E-state index in [4.69, 9.17) is 0 Å². The molecule has 1 N–H and O–H groups in total. The molecule has 0 aliphatic heterocycles. The minimum atomic E-state index is -0.380. The van der Waals surface area contributed by atoms with E-state index in [9.17, 15) is 14.4 Å². The molecule has 0 aromatic carbocycles. The molecule has 0 spiro atoms. The van der Waals surface area contributed by atoms with Gasteiger partial charge in [-0.05, 0) is 31.6 Å². The van der Waals surface area contributed by atoms with Crippen LogP contribution in [0.5, 0.6) is 0 Å². The summed E-state index contributed by atoms with van der Waals surface area (Å²) in [6.07, 6.45) is 3.82. The molecular weight excluding hydrogens is 290 g/mol. The van der Waals surface area contributed by atoms with Crippen LogP contribution in [0.25, 0.3) is 0 Å². The van der Waals surface area contributed by atoms with Gasteiger partial charge in [0.15, 0.2) is 5.78 Å². The van der Waals surface area contributed by atoms with Crippen molar-refractivity contribution in [3.8, 4) is 0 Å². The average molecular weight is 325 g/mol. The first kappa shape index (κ1) is 21.8. The van der Waals surface area contributed by atoms with Crippen LogP contribution in [-0.2, 0) is 14.4 Å². The predicted molar refractivity (Wildman–Crippen MR) is 94.2 cm³/mol. The van der Waals surface area contributed by atoms with Gasteiger partial charge in [-0.15, -0.1) is 0 Å². The van der Waals surface area contributed by atoms with Crippen LogP contribution < -0.4 is 5.32 Å².